The van der Waals surface area contributed by atoms with Crippen LogP contribution >= 0.6 is 0 Å². The molecule has 2 aliphatic heterocycles. The summed E-state index contributed by atoms with van der Waals surface area (Å²) in [6.45, 7) is 0.232. The molecule has 6 unspecified atom stereocenters. The van der Waals surface area contributed by atoms with Gasteiger partial charge in [-0.15, -0.1) is 0 Å². The Morgan fingerprint density at radius 1 is 0.886 bits per heavy atom. The largest absolute Gasteiger partial charge is 0.508 e. The Morgan fingerprint density at radius 2 is 1.57 bits per heavy atom. The second-order valence-electron chi connectivity index (χ2n) is 11.9. The van der Waals surface area contributed by atoms with Crippen molar-refractivity contribution >= 4 is 11.8 Å². The molecule has 6 atom stereocenters. The molecule has 2 aliphatic carbocycles. The van der Waals surface area contributed by atoms with Crippen LogP contribution in [-0.2, 0) is 11.2 Å². The highest BCUT2D eigenvalue weighted by Gasteiger charge is 2.53. The molecule has 12 nitrogen and oxygen atoms in total. The maximum absolute atomic E-state index is 14.2. The fourth-order valence-corrected chi connectivity index (χ4v) is 7.35. The summed E-state index contributed by atoms with van der Waals surface area (Å²) in [5.74, 6) is -2.33. The summed E-state index contributed by atoms with van der Waals surface area (Å²) in [6, 6.07) is 9.34. The van der Waals surface area contributed by atoms with Crippen LogP contribution in [-0.4, -0.2) is 109 Å². The van der Waals surface area contributed by atoms with Crippen LogP contribution in [0, 0.1) is 6.92 Å². The number of nitrogens with one attached hydrogen (secondary N) is 1. The summed E-state index contributed by atoms with van der Waals surface area (Å²) in [7, 11) is 0. The second-order valence-corrected chi connectivity index (χ2v) is 11.9. The molecule has 3 aromatic carbocycles. The van der Waals surface area contributed by atoms with E-state index in [-0.39, 0.29) is 16.9 Å². The van der Waals surface area contributed by atoms with Gasteiger partial charge in [0.15, 0.2) is 0 Å². The van der Waals surface area contributed by atoms with E-state index >= 15 is 0 Å². The minimum atomic E-state index is -1.66. The molecule has 0 saturated carbocycles. The first-order valence-corrected chi connectivity index (χ1v) is 14.4. The van der Waals surface area contributed by atoms with E-state index in [2.05, 4.69) is 5.43 Å². The number of hydrazine groups is 1. The van der Waals surface area contributed by atoms with Gasteiger partial charge in [-0.1, -0.05) is 29.8 Å². The summed E-state index contributed by atoms with van der Waals surface area (Å²) in [5, 5.41) is 73.3. The Kier molecular flexibility index (Phi) is 6.88. The number of phenolic OH excluding ortho intramolecular Hbond substituents is 1. The molecule has 8 N–H and O–H groups in total. The molecular formula is C32H32N2O10. The minimum Gasteiger partial charge on any atom is -0.508 e. The van der Waals surface area contributed by atoms with Gasteiger partial charge >= 0.3 is 0 Å². The maximum atomic E-state index is 14.2. The number of phenols is 1. The Morgan fingerprint density at radius 3 is 2.25 bits per heavy atom. The summed E-state index contributed by atoms with van der Waals surface area (Å²) in [5.41, 5.74) is 8.75. The molecule has 0 aromatic heterocycles. The summed E-state index contributed by atoms with van der Waals surface area (Å²) in [4.78, 5) is 28.2. The Balaban J connectivity index is 1.53. The van der Waals surface area contributed by atoms with Crippen molar-refractivity contribution in [1.29, 1.82) is 0 Å². The third-order valence-corrected chi connectivity index (χ3v) is 9.34. The highest BCUT2D eigenvalue weighted by Crippen LogP contribution is 2.58. The van der Waals surface area contributed by atoms with Crippen molar-refractivity contribution in [3.8, 4) is 28.0 Å². The molecule has 12 heteroatoms. The number of nitrogens with zero attached hydrogens (tertiary/aromatic N) is 1. The molecule has 3 aromatic rings. The third kappa shape index (κ3) is 3.93. The molecule has 230 valence electrons. The normalized spacial score (nSPS) is 26.6. The quantitative estimate of drug-likeness (QED) is 0.134. The Labute approximate surface area is 251 Å². The standard InChI is InChI=1S/C32H32N2O10/c1-12-2-4-16-13(6-12)7-19-21(16)25-26(32(43)34(31(25)42)33-14(9-35)10-36)22-17-5-3-15(38)8-18(17)24(23(19)22)30-29(41)28(40)27(39)20(11-37)44-30/h2-6,8,14,20,24,27-30,33,35-41H,7,9-11H2,1H3. The first-order chi connectivity index (χ1) is 21.1. The van der Waals surface area contributed by atoms with E-state index in [4.69, 9.17) is 4.74 Å². The number of amides is 2. The minimum absolute atomic E-state index is 0.0818. The first kappa shape index (κ1) is 29.0. The zero-order chi connectivity index (χ0) is 31.2. The number of fused-ring (bicyclic) bond motifs is 10. The number of rotatable bonds is 6. The van der Waals surface area contributed by atoms with E-state index in [1.165, 1.54) is 12.1 Å². The highest BCUT2D eigenvalue weighted by atomic mass is 16.5. The lowest BCUT2D eigenvalue weighted by atomic mass is 9.79. The lowest BCUT2D eigenvalue weighted by Gasteiger charge is -2.43. The molecule has 0 bridgehead atoms. The van der Waals surface area contributed by atoms with Gasteiger partial charge in [-0.05, 0) is 70.0 Å². The number of hydrogen-bond donors (Lipinski definition) is 8. The number of benzene rings is 3. The number of aromatic hydroxyl groups is 1. The fourth-order valence-electron chi connectivity index (χ4n) is 7.35. The second kappa shape index (κ2) is 10.4. The van der Waals surface area contributed by atoms with Crippen molar-refractivity contribution in [2.24, 2.45) is 0 Å². The van der Waals surface area contributed by atoms with E-state index < -0.39 is 74.1 Å². The topological polar surface area (TPSA) is 200 Å². The average Bonchev–Trinajstić information content (AvgIpc) is 3.62. The number of hydrogen-bond acceptors (Lipinski definition) is 11. The predicted molar refractivity (Wildman–Crippen MR) is 154 cm³/mol. The van der Waals surface area contributed by atoms with Crippen molar-refractivity contribution in [2.45, 2.75) is 55.8 Å². The average molecular weight is 605 g/mol. The summed E-state index contributed by atoms with van der Waals surface area (Å²) < 4.78 is 6.07. The van der Waals surface area contributed by atoms with Gasteiger partial charge in [0.1, 0.15) is 30.2 Å². The van der Waals surface area contributed by atoms with Crippen molar-refractivity contribution in [3.05, 3.63) is 75.3 Å². The van der Waals surface area contributed by atoms with Crippen LogP contribution < -0.4 is 5.43 Å². The van der Waals surface area contributed by atoms with E-state index in [1.807, 2.05) is 25.1 Å². The fraction of sp³-hybridized carbons (Fsp3) is 0.375. The number of aliphatic hydroxyl groups is 6. The van der Waals surface area contributed by atoms with Crippen molar-refractivity contribution in [3.63, 3.8) is 0 Å². The van der Waals surface area contributed by atoms with Crippen molar-refractivity contribution in [2.75, 3.05) is 19.8 Å². The van der Waals surface area contributed by atoms with Crippen LogP contribution in [0.1, 0.15) is 54.5 Å². The lowest BCUT2D eigenvalue weighted by molar-refractivity contribution is -0.231. The van der Waals surface area contributed by atoms with Gasteiger partial charge in [-0.25, -0.2) is 10.4 Å². The van der Waals surface area contributed by atoms with Crippen molar-refractivity contribution < 1.29 is 50.1 Å². The summed E-state index contributed by atoms with van der Waals surface area (Å²) in [6.07, 6.45) is -6.88. The van der Waals surface area contributed by atoms with Crippen LogP contribution in [0.25, 0.3) is 22.3 Å². The van der Waals surface area contributed by atoms with Crippen molar-refractivity contribution in [1.82, 2.24) is 10.4 Å². The van der Waals surface area contributed by atoms with Crippen LogP contribution in [0.2, 0.25) is 0 Å². The number of ether oxygens (including phenoxy) is 1. The molecule has 4 aliphatic rings. The van der Waals surface area contributed by atoms with Gasteiger partial charge in [0.25, 0.3) is 11.8 Å². The number of aryl methyl sites for hydroxylation is 1. The SMILES string of the molecule is Cc1ccc2c(c1)Cc1c-2c2c(c3c1C(C1OC(CO)C(O)C(O)C1O)c1cc(O)ccc1-3)C(=O)N(NC(CO)CO)C2=O. The Hall–Kier alpha value is -3.72. The molecule has 7 rings (SSSR count). The van der Waals surface area contributed by atoms with Gasteiger partial charge in [0.2, 0.25) is 0 Å². The van der Waals surface area contributed by atoms with Gasteiger partial charge in [0.05, 0.1) is 43.1 Å². The molecule has 0 radical (unpaired) electrons. The van der Waals surface area contributed by atoms with Crippen LogP contribution in [0.5, 0.6) is 5.75 Å². The maximum Gasteiger partial charge on any atom is 0.276 e. The predicted octanol–water partition coefficient (Wildman–Crippen LogP) is -0.320. The van der Waals surface area contributed by atoms with E-state index in [0.29, 0.717) is 39.8 Å². The molecule has 0 spiro atoms. The zero-order valence-corrected chi connectivity index (χ0v) is 23.6. The zero-order valence-electron chi connectivity index (χ0n) is 23.6. The lowest BCUT2D eigenvalue weighted by Crippen LogP contribution is -2.59. The van der Waals surface area contributed by atoms with E-state index in [0.717, 1.165) is 21.7 Å². The van der Waals surface area contributed by atoms with Gasteiger partial charge in [0, 0.05) is 5.92 Å². The monoisotopic (exact) mass is 604 g/mol. The number of imide groups is 1. The number of carbonyl (C=O) groups excluding carboxylic acids is 2. The molecule has 1 saturated heterocycles. The Bertz CT molecular complexity index is 1720. The van der Waals surface area contributed by atoms with Gasteiger partial charge in [-0.2, -0.15) is 0 Å². The van der Waals surface area contributed by atoms with Crippen LogP contribution in [0.3, 0.4) is 0 Å². The molecular weight excluding hydrogens is 572 g/mol. The highest BCUT2D eigenvalue weighted by molar-refractivity contribution is 6.27. The first-order valence-electron chi connectivity index (χ1n) is 14.4. The number of carbonyl (C=O) groups is 2. The van der Waals surface area contributed by atoms with Crippen LogP contribution in [0.4, 0.5) is 0 Å². The molecule has 2 heterocycles. The number of aliphatic hydroxyl groups excluding tert-OH is 6. The van der Waals surface area contributed by atoms with Gasteiger partial charge < -0.3 is 40.5 Å². The van der Waals surface area contributed by atoms with Crippen LogP contribution in [0.15, 0.2) is 36.4 Å². The third-order valence-electron chi connectivity index (χ3n) is 9.34. The molecule has 44 heavy (non-hydrogen) atoms. The van der Waals surface area contributed by atoms with E-state index in [9.17, 15) is 45.3 Å². The van der Waals surface area contributed by atoms with E-state index in [1.54, 1.807) is 6.07 Å². The molecule has 1 fully saturated rings. The molecule has 2 amide bonds. The van der Waals surface area contributed by atoms with Gasteiger partial charge in [-0.3, -0.25) is 9.59 Å². The smallest absolute Gasteiger partial charge is 0.276 e. The summed E-state index contributed by atoms with van der Waals surface area (Å²) >= 11 is 0.